The Morgan fingerprint density at radius 3 is 2.67 bits per heavy atom. The molecule has 0 radical (unpaired) electrons. The van der Waals surface area contributed by atoms with Crippen LogP contribution in [0.25, 0.3) is 0 Å². The van der Waals surface area contributed by atoms with Gasteiger partial charge in [-0.25, -0.2) is 0 Å². The van der Waals surface area contributed by atoms with Crippen LogP contribution >= 0.6 is 0 Å². The monoisotopic (exact) mass is 294 g/mol. The third-order valence-corrected chi connectivity index (χ3v) is 3.31. The Hall–Kier alpha value is -1.55. The van der Waals surface area contributed by atoms with E-state index in [1.54, 1.807) is 7.11 Å². The molecule has 4 heteroatoms. The van der Waals surface area contributed by atoms with Gasteiger partial charge in [0.15, 0.2) is 0 Å². The van der Waals surface area contributed by atoms with Gasteiger partial charge in [-0.05, 0) is 56.2 Å². The minimum Gasteiger partial charge on any atom is -0.493 e. The highest BCUT2D eigenvalue weighted by Gasteiger charge is 2.05. The molecule has 0 saturated carbocycles. The largest absolute Gasteiger partial charge is 0.493 e. The highest BCUT2D eigenvalue weighted by molar-refractivity contribution is 5.66. The Bertz CT molecular complexity index is 429. The summed E-state index contributed by atoms with van der Waals surface area (Å²) >= 11 is 0. The van der Waals surface area contributed by atoms with Crippen LogP contribution < -0.4 is 4.74 Å². The quantitative estimate of drug-likeness (QED) is 0.634. The minimum atomic E-state index is -0.727. The average Bonchev–Trinajstić information content (AvgIpc) is 2.44. The Morgan fingerprint density at radius 2 is 1.95 bits per heavy atom. The molecule has 1 aromatic rings. The van der Waals surface area contributed by atoms with Crippen molar-refractivity contribution in [3.63, 3.8) is 0 Å². The molecule has 0 spiro atoms. The average molecular weight is 294 g/mol. The summed E-state index contributed by atoms with van der Waals surface area (Å²) in [5.74, 6) is 0.222. The lowest BCUT2D eigenvalue weighted by Gasteiger charge is -2.12. The normalized spacial score (nSPS) is 10.6. The van der Waals surface area contributed by atoms with Crippen molar-refractivity contribution in [2.75, 3.05) is 20.3 Å². The van der Waals surface area contributed by atoms with Crippen molar-refractivity contribution in [1.29, 1.82) is 0 Å². The molecule has 0 aliphatic rings. The molecule has 0 unspecified atom stereocenters. The smallest absolute Gasteiger partial charge is 0.303 e. The number of carboxylic acid groups (broad SMARTS) is 1. The Balaban J connectivity index is 2.37. The molecule has 21 heavy (non-hydrogen) atoms. The van der Waals surface area contributed by atoms with Crippen molar-refractivity contribution in [3.05, 3.63) is 29.3 Å². The summed E-state index contributed by atoms with van der Waals surface area (Å²) in [6.07, 6.45) is 4.66. The van der Waals surface area contributed by atoms with Gasteiger partial charge in [-0.3, -0.25) is 4.79 Å². The standard InChI is InChI=1S/C17H26O4/c1-14-9-10-15(7-6-11-20-2)16(13-14)21-12-5-3-4-8-17(18)19/h9-10,13H,3-8,11-12H2,1-2H3,(H,18,19). The fraction of sp³-hybridized carbons (Fsp3) is 0.588. The summed E-state index contributed by atoms with van der Waals surface area (Å²) in [6.45, 7) is 3.45. The summed E-state index contributed by atoms with van der Waals surface area (Å²) in [5, 5.41) is 8.58. The van der Waals surface area contributed by atoms with Crippen LogP contribution in [-0.4, -0.2) is 31.4 Å². The minimum absolute atomic E-state index is 0.243. The van der Waals surface area contributed by atoms with Gasteiger partial charge in [0.1, 0.15) is 5.75 Å². The molecule has 0 saturated heterocycles. The molecule has 118 valence electrons. The van der Waals surface area contributed by atoms with Gasteiger partial charge >= 0.3 is 5.97 Å². The van der Waals surface area contributed by atoms with Gasteiger partial charge in [0.2, 0.25) is 0 Å². The Kier molecular flexibility index (Phi) is 8.51. The summed E-state index contributed by atoms with van der Waals surface area (Å²) in [7, 11) is 1.71. The topological polar surface area (TPSA) is 55.8 Å². The molecular weight excluding hydrogens is 268 g/mol. The first kappa shape index (κ1) is 17.5. The van der Waals surface area contributed by atoms with Gasteiger partial charge in [-0.2, -0.15) is 0 Å². The van der Waals surface area contributed by atoms with Crippen molar-refractivity contribution in [2.24, 2.45) is 0 Å². The van der Waals surface area contributed by atoms with Crippen molar-refractivity contribution in [2.45, 2.75) is 45.4 Å². The molecular formula is C17H26O4. The van der Waals surface area contributed by atoms with Crippen LogP contribution in [-0.2, 0) is 16.0 Å². The lowest BCUT2D eigenvalue weighted by Crippen LogP contribution is -2.02. The Labute approximate surface area is 127 Å². The highest BCUT2D eigenvalue weighted by atomic mass is 16.5. The van der Waals surface area contributed by atoms with E-state index in [1.165, 1.54) is 11.1 Å². The van der Waals surface area contributed by atoms with Crippen molar-refractivity contribution >= 4 is 5.97 Å². The second kappa shape index (κ2) is 10.2. The first-order valence-corrected chi connectivity index (χ1v) is 7.56. The molecule has 0 heterocycles. The van der Waals surface area contributed by atoms with E-state index in [1.807, 2.05) is 0 Å². The number of methoxy groups -OCH3 is 1. The highest BCUT2D eigenvalue weighted by Crippen LogP contribution is 2.22. The van der Waals surface area contributed by atoms with Crippen molar-refractivity contribution < 1.29 is 19.4 Å². The second-order valence-corrected chi connectivity index (χ2v) is 5.26. The molecule has 1 aromatic carbocycles. The number of ether oxygens (including phenoxy) is 2. The van der Waals surface area contributed by atoms with Crippen LogP contribution in [0, 0.1) is 6.92 Å². The summed E-state index contributed by atoms with van der Waals surface area (Å²) < 4.78 is 11.0. The van der Waals surface area contributed by atoms with Gasteiger partial charge in [0.05, 0.1) is 6.61 Å². The van der Waals surface area contributed by atoms with Gasteiger partial charge in [0, 0.05) is 20.1 Å². The molecule has 0 aliphatic carbocycles. The number of hydrogen-bond donors (Lipinski definition) is 1. The molecule has 1 rings (SSSR count). The number of aryl methyl sites for hydroxylation is 2. The maximum atomic E-state index is 10.4. The van der Waals surface area contributed by atoms with Gasteiger partial charge in [0.25, 0.3) is 0 Å². The molecule has 0 aromatic heterocycles. The zero-order chi connectivity index (χ0) is 15.5. The van der Waals surface area contributed by atoms with E-state index < -0.39 is 5.97 Å². The molecule has 4 nitrogen and oxygen atoms in total. The number of hydrogen-bond acceptors (Lipinski definition) is 3. The fourth-order valence-electron chi connectivity index (χ4n) is 2.15. The van der Waals surface area contributed by atoms with Crippen LogP contribution in [0.15, 0.2) is 18.2 Å². The number of rotatable bonds is 11. The van der Waals surface area contributed by atoms with Gasteiger partial charge in [-0.15, -0.1) is 0 Å². The van der Waals surface area contributed by atoms with Crippen LogP contribution in [0.1, 0.15) is 43.2 Å². The van der Waals surface area contributed by atoms with E-state index in [4.69, 9.17) is 14.6 Å². The lowest BCUT2D eigenvalue weighted by molar-refractivity contribution is -0.137. The van der Waals surface area contributed by atoms with Crippen LogP contribution in [0.2, 0.25) is 0 Å². The predicted molar refractivity (Wildman–Crippen MR) is 83.0 cm³/mol. The lowest BCUT2D eigenvalue weighted by atomic mass is 10.1. The predicted octanol–water partition coefficient (Wildman–Crippen LogP) is 3.60. The second-order valence-electron chi connectivity index (χ2n) is 5.26. The Morgan fingerprint density at radius 1 is 1.14 bits per heavy atom. The number of carbonyl (C=O) groups is 1. The van der Waals surface area contributed by atoms with E-state index >= 15 is 0 Å². The van der Waals surface area contributed by atoms with Crippen LogP contribution in [0.3, 0.4) is 0 Å². The first-order chi connectivity index (χ1) is 10.1. The van der Waals surface area contributed by atoms with Crippen LogP contribution in [0.5, 0.6) is 5.75 Å². The third kappa shape index (κ3) is 7.71. The molecule has 0 atom stereocenters. The van der Waals surface area contributed by atoms with Gasteiger partial charge in [-0.1, -0.05) is 12.1 Å². The number of benzene rings is 1. The molecule has 0 amide bonds. The van der Waals surface area contributed by atoms with E-state index in [-0.39, 0.29) is 6.42 Å². The van der Waals surface area contributed by atoms with Crippen molar-refractivity contribution in [3.8, 4) is 5.75 Å². The van der Waals surface area contributed by atoms with E-state index in [2.05, 4.69) is 25.1 Å². The molecule has 0 aliphatic heterocycles. The van der Waals surface area contributed by atoms with E-state index in [0.29, 0.717) is 13.0 Å². The van der Waals surface area contributed by atoms with Gasteiger partial charge < -0.3 is 14.6 Å². The summed E-state index contributed by atoms with van der Waals surface area (Å²) in [5.41, 5.74) is 2.40. The fourth-order valence-corrected chi connectivity index (χ4v) is 2.15. The number of aliphatic carboxylic acids is 1. The first-order valence-electron chi connectivity index (χ1n) is 7.56. The SMILES string of the molecule is COCCCc1ccc(C)cc1OCCCCCC(=O)O. The maximum absolute atomic E-state index is 10.4. The van der Waals surface area contributed by atoms with E-state index in [0.717, 1.165) is 38.0 Å². The number of carboxylic acids is 1. The third-order valence-electron chi connectivity index (χ3n) is 3.31. The summed E-state index contributed by atoms with van der Waals surface area (Å²) in [6, 6.07) is 6.28. The number of unbranched alkanes of at least 4 members (excludes halogenated alkanes) is 2. The summed E-state index contributed by atoms with van der Waals surface area (Å²) in [4.78, 5) is 10.4. The van der Waals surface area contributed by atoms with Crippen molar-refractivity contribution in [1.82, 2.24) is 0 Å². The zero-order valence-corrected chi connectivity index (χ0v) is 13.1. The molecule has 0 fully saturated rings. The maximum Gasteiger partial charge on any atom is 0.303 e. The van der Waals surface area contributed by atoms with E-state index in [9.17, 15) is 4.79 Å². The van der Waals surface area contributed by atoms with Crippen LogP contribution in [0.4, 0.5) is 0 Å². The molecule has 0 bridgehead atoms. The zero-order valence-electron chi connectivity index (χ0n) is 13.1. The molecule has 1 N–H and O–H groups in total.